The Morgan fingerprint density at radius 1 is 1.16 bits per heavy atom. The van der Waals surface area contributed by atoms with Crippen molar-refractivity contribution in [1.29, 1.82) is 0 Å². The summed E-state index contributed by atoms with van der Waals surface area (Å²) in [6.07, 6.45) is 0. The zero-order valence-electron chi connectivity index (χ0n) is 11.3. The van der Waals surface area contributed by atoms with Gasteiger partial charge in [-0.1, -0.05) is 29.8 Å². The van der Waals surface area contributed by atoms with Gasteiger partial charge in [-0.3, -0.25) is 0 Å². The first-order chi connectivity index (χ1) is 9.19. The lowest BCUT2D eigenvalue weighted by Crippen LogP contribution is -1.96. The monoisotopic (exact) mass is 273 g/mol. The van der Waals surface area contributed by atoms with Crippen molar-refractivity contribution >= 4 is 17.4 Å². The Labute approximate surface area is 119 Å². The summed E-state index contributed by atoms with van der Waals surface area (Å²) in [6.45, 7) is 4.72. The lowest BCUT2D eigenvalue weighted by molar-refractivity contribution is 0.341. The highest BCUT2D eigenvalue weighted by Gasteiger charge is 2.03. The molecule has 100 valence electrons. The van der Waals surface area contributed by atoms with Crippen LogP contribution >= 0.6 is 11.8 Å². The molecule has 0 aliphatic rings. The molecule has 0 amide bonds. The first-order valence-corrected chi connectivity index (χ1v) is 7.38. The molecule has 0 bridgehead atoms. The van der Waals surface area contributed by atoms with Crippen LogP contribution in [-0.2, 0) is 5.75 Å². The molecule has 0 atom stereocenters. The number of nitrogens with two attached hydrogens (primary N) is 1. The molecule has 2 N–H and O–H groups in total. The lowest BCUT2D eigenvalue weighted by atomic mass is 10.2. The van der Waals surface area contributed by atoms with Gasteiger partial charge < -0.3 is 10.5 Å². The largest absolute Gasteiger partial charge is 0.492 e. The molecule has 2 aromatic rings. The maximum atomic E-state index is 5.87. The Bertz CT molecular complexity index is 554. The van der Waals surface area contributed by atoms with E-state index in [0.29, 0.717) is 12.3 Å². The minimum Gasteiger partial charge on any atom is -0.492 e. The molecule has 0 aliphatic heterocycles. The quantitative estimate of drug-likeness (QED) is 0.652. The molecular weight excluding hydrogens is 254 g/mol. The molecule has 0 unspecified atom stereocenters. The number of ether oxygens (including phenoxy) is 1. The van der Waals surface area contributed by atoms with Crippen LogP contribution < -0.4 is 10.5 Å². The van der Waals surface area contributed by atoms with Gasteiger partial charge in [0.25, 0.3) is 0 Å². The lowest BCUT2D eigenvalue weighted by Gasteiger charge is -2.09. The summed E-state index contributed by atoms with van der Waals surface area (Å²) in [5.41, 5.74) is 9.19. The first-order valence-electron chi connectivity index (χ1n) is 6.39. The van der Waals surface area contributed by atoms with Crippen LogP contribution in [0.3, 0.4) is 0 Å². The molecule has 2 aromatic carbocycles. The third-order valence-corrected chi connectivity index (χ3v) is 3.84. The molecule has 0 saturated heterocycles. The van der Waals surface area contributed by atoms with Crippen LogP contribution in [0.15, 0.2) is 47.4 Å². The van der Waals surface area contributed by atoms with Crippen molar-refractivity contribution in [1.82, 2.24) is 0 Å². The molecule has 19 heavy (non-hydrogen) atoms. The number of rotatable bonds is 5. The average Bonchev–Trinajstić information content (AvgIpc) is 2.40. The highest BCUT2D eigenvalue weighted by atomic mass is 32.2. The average molecular weight is 273 g/mol. The van der Waals surface area contributed by atoms with Gasteiger partial charge >= 0.3 is 0 Å². The van der Waals surface area contributed by atoms with E-state index in [4.69, 9.17) is 10.5 Å². The maximum absolute atomic E-state index is 5.87. The highest BCUT2D eigenvalue weighted by Crippen LogP contribution is 2.30. The third kappa shape index (κ3) is 3.93. The van der Waals surface area contributed by atoms with E-state index in [2.05, 4.69) is 31.2 Å². The van der Waals surface area contributed by atoms with E-state index in [-0.39, 0.29) is 0 Å². The molecule has 2 nitrogen and oxygen atoms in total. The van der Waals surface area contributed by atoms with Crippen molar-refractivity contribution in [2.24, 2.45) is 0 Å². The second-order valence-corrected chi connectivity index (χ2v) is 5.46. The SMILES string of the molecule is CCOc1cc(SCc2cccc(C)c2)ccc1N. The second-order valence-electron chi connectivity index (χ2n) is 4.41. The van der Waals surface area contributed by atoms with Gasteiger partial charge in [-0.25, -0.2) is 0 Å². The molecule has 0 saturated carbocycles. The second kappa shape index (κ2) is 6.53. The minimum atomic E-state index is 0.635. The number of benzene rings is 2. The van der Waals surface area contributed by atoms with E-state index in [1.54, 1.807) is 11.8 Å². The van der Waals surface area contributed by atoms with Crippen LogP contribution in [0, 0.1) is 6.92 Å². The fraction of sp³-hybridized carbons (Fsp3) is 0.250. The van der Waals surface area contributed by atoms with Gasteiger partial charge in [-0.2, -0.15) is 0 Å². The molecule has 2 rings (SSSR count). The van der Waals surface area contributed by atoms with E-state index in [1.165, 1.54) is 16.0 Å². The minimum absolute atomic E-state index is 0.635. The summed E-state index contributed by atoms with van der Waals surface area (Å²) < 4.78 is 5.51. The molecule has 0 aliphatic carbocycles. The normalized spacial score (nSPS) is 10.4. The molecule has 0 heterocycles. The van der Waals surface area contributed by atoms with E-state index in [1.807, 2.05) is 25.1 Å². The predicted molar refractivity (Wildman–Crippen MR) is 82.8 cm³/mol. The van der Waals surface area contributed by atoms with Crippen molar-refractivity contribution < 1.29 is 4.74 Å². The number of thioether (sulfide) groups is 1. The number of anilines is 1. The van der Waals surface area contributed by atoms with Gasteiger partial charge in [0, 0.05) is 10.6 Å². The molecule has 0 spiro atoms. The van der Waals surface area contributed by atoms with Crippen molar-refractivity contribution in [3.8, 4) is 5.75 Å². The zero-order chi connectivity index (χ0) is 13.7. The smallest absolute Gasteiger partial charge is 0.143 e. The van der Waals surface area contributed by atoms with Gasteiger partial charge in [-0.15, -0.1) is 11.8 Å². The summed E-state index contributed by atoms with van der Waals surface area (Å²) >= 11 is 1.80. The summed E-state index contributed by atoms with van der Waals surface area (Å²) in [5, 5.41) is 0. The Morgan fingerprint density at radius 3 is 2.74 bits per heavy atom. The number of hydrogen-bond acceptors (Lipinski definition) is 3. The van der Waals surface area contributed by atoms with Crippen molar-refractivity contribution in [2.75, 3.05) is 12.3 Å². The van der Waals surface area contributed by atoms with Crippen LogP contribution in [0.5, 0.6) is 5.75 Å². The molecule has 0 radical (unpaired) electrons. The molecule has 0 aromatic heterocycles. The summed E-state index contributed by atoms with van der Waals surface area (Å²) in [6, 6.07) is 14.5. The zero-order valence-corrected chi connectivity index (χ0v) is 12.2. The van der Waals surface area contributed by atoms with Gasteiger partial charge in [0.05, 0.1) is 12.3 Å². The third-order valence-electron chi connectivity index (χ3n) is 2.77. The van der Waals surface area contributed by atoms with Crippen molar-refractivity contribution in [3.63, 3.8) is 0 Å². The van der Waals surface area contributed by atoms with Crippen LogP contribution in [0.1, 0.15) is 18.1 Å². The van der Waals surface area contributed by atoms with Crippen LogP contribution in [0.2, 0.25) is 0 Å². The van der Waals surface area contributed by atoms with Crippen molar-refractivity contribution in [2.45, 2.75) is 24.5 Å². The molecule has 0 fully saturated rings. The molecule has 3 heteroatoms. The van der Waals surface area contributed by atoms with Gasteiger partial charge in [0.1, 0.15) is 5.75 Å². The van der Waals surface area contributed by atoms with E-state index >= 15 is 0 Å². The van der Waals surface area contributed by atoms with Gasteiger partial charge in [-0.05, 0) is 37.6 Å². The van der Waals surface area contributed by atoms with E-state index in [0.717, 1.165) is 11.5 Å². The Morgan fingerprint density at radius 2 is 2.00 bits per heavy atom. The topological polar surface area (TPSA) is 35.2 Å². The number of aryl methyl sites for hydroxylation is 1. The Balaban J connectivity index is 2.05. The Kier molecular flexibility index (Phi) is 4.74. The van der Waals surface area contributed by atoms with Gasteiger partial charge in [0.2, 0.25) is 0 Å². The Hall–Kier alpha value is -1.61. The number of nitrogen functional groups attached to an aromatic ring is 1. The maximum Gasteiger partial charge on any atom is 0.143 e. The predicted octanol–water partition coefficient (Wildman–Crippen LogP) is 4.27. The van der Waals surface area contributed by atoms with Gasteiger partial charge in [0.15, 0.2) is 0 Å². The van der Waals surface area contributed by atoms with E-state index in [9.17, 15) is 0 Å². The van der Waals surface area contributed by atoms with Crippen LogP contribution in [0.25, 0.3) is 0 Å². The fourth-order valence-corrected chi connectivity index (χ4v) is 2.72. The number of hydrogen-bond donors (Lipinski definition) is 1. The van der Waals surface area contributed by atoms with Crippen LogP contribution in [-0.4, -0.2) is 6.61 Å². The summed E-state index contributed by atoms with van der Waals surface area (Å²) in [7, 11) is 0. The van der Waals surface area contributed by atoms with Crippen LogP contribution in [0.4, 0.5) is 5.69 Å². The van der Waals surface area contributed by atoms with Crippen molar-refractivity contribution in [3.05, 3.63) is 53.6 Å². The summed E-state index contributed by atoms with van der Waals surface area (Å²) in [4.78, 5) is 1.18. The molecular formula is C16H19NOS. The highest BCUT2D eigenvalue weighted by molar-refractivity contribution is 7.98. The first kappa shape index (κ1) is 13.8. The summed E-state index contributed by atoms with van der Waals surface area (Å²) in [5.74, 6) is 1.73. The fourth-order valence-electron chi connectivity index (χ4n) is 1.85. The standard InChI is InChI=1S/C16H19NOS/c1-3-18-16-10-14(7-8-15(16)17)19-11-13-6-4-5-12(2)9-13/h4-10H,3,11,17H2,1-2H3. The van der Waals surface area contributed by atoms with E-state index < -0.39 is 0 Å².